The van der Waals surface area contributed by atoms with E-state index in [2.05, 4.69) is 62.9 Å². The highest BCUT2D eigenvalue weighted by Gasteiger charge is 2.19. The first-order chi connectivity index (χ1) is 9.27. The average Bonchev–Trinajstić information content (AvgIpc) is 2.76. The van der Waals surface area contributed by atoms with Crippen molar-refractivity contribution in [2.24, 2.45) is 0 Å². The number of hydrogen-bond donors (Lipinski definition) is 1. The smallest absolute Gasteiger partial charge is 0.258 e. The number of anilines is 1. The van der Waals surface area contributed by atoms with Gasteiger partial charge in [0.25, 0.3) is 5.91 Å². The van der Waals surface area contributed by atoms with Gasteiger partial charge in [0.05, 0.1) is 11.3 Å². The Balaban J connectivity index is 2.17. The van der Waals surface area contributed by atoms with Crippen LogP contribution in [0.4, 0.5) is 5.13 Å². The molecule has 1 heterocycles. The third kappa shape index (κ3) is 3.68. The molecule has 0 atom stereocenters. The van der Waals surface area contributed by atoms with Gasteiger partial charge in [-0.2, -0.15) is 0 Å². The van der Waals surface area contributed by atoms with Crippen molar-refractivity contribution in [3.8, 4) is 0 Å². The molecule has 0 aliphatic rings. The predicted molar refractivity (Wildman–Crippen MR) is 90.6 cm³/mol. The molecule has 0 aliphatic carbocycles. The van der Waals surface area contributed by atoms with E-state index in [1.807, 2.05) is 17.5 Å². The number of hydrogen-bond acceptors (Lipinski definition) is 3. The van der Waals surface area contributed by atoms with E-state index in [0.717, 1.165) is 14.6 Å². The maximum absolute atomic E-state index is 12.2. The van der Waals surface area contributed by atoms with E-state index >= 15 is 0 Å². The highest BCUT2D eigenvalue weighted by atomic mass is 79.9. The Bertz CT molecular complexity index is 647. The van der Waals surface area contributed by atoms with Gasteiger partial charge in [0.2, 0.25) is 0 Å². The van der Waals surface area contributed by atoms with Gasteiger partial charge in [0.15, 0.2) is 5.13 Å². The van der Waals surface area contributed by atoms with Gasteiger partial charge in [-0.25, -0.2) is 4.98 Å². The number of benzene rings is 1. The molecule has 0 fully saturated rings. The molecule has 1 amide bonds. The van der Waals surface area contributed by atoms with Crippen LogP contribution < -0.4 is 5.32 Å². The van der Waals surface area contributed by atoms with Crippen molar-refractivity contribution in [2.45, 2.75) is 26.2 Å². The van der Waals surface area contributed by atoms with E-state index in [4.69, 9.17) is 0 Å². The molecular weight excluding hydrogens is 404 g/mol. The molecule has 1 N–H and O–H groups in total. The highest BCUT2D eigenvalue weighted by Crippen LogP contribution is 2.27. The van der Waals surface area contributed by atoms with Crippen LogP contribution in [0, 0.1) is 0 Å². The maximum Gasteiger partial charge on any atom is 0.258 e. The Morgan fingerprint density at radius 2 is 2.00 bits per heavy atom. The summed E-state index contributed by atoms with van der Waals surface area (Å²) in [6, 6.07) is 5.45. The number of nitrogens with one attached hydrogen (secondary N) is 1. The molecule has 0 saturated carbocycles. The fourth-order valence-electron chi connectivity index (χ4n) is 1.51. The molecule has 0 unspecified atom stereocenters. The van der Waals surface area contributed by atoms with Gasteiger partial charge in [-0.15, -0.1) is 11.3 Å². The Labute approximate surface area is 139 Å². The topological polar surface area (TPSA) is 42.0 Å². The van der Waals surface area contributed by atoms with Crippen LogP contribution in [0.1, 0.15) is 36.8 Å². The largest absolute Gasteiger partial charge is 0.298 e. The number of amides is 1. The summed E-state index contributed by atoms with van der Waals surface area (Å²) in [6.45, 7) is 6.29. The minimum Gasteiger partial charge on any atom is -0.298 e. The van der Waals surface area contributed by atoms with Gasteiger partial charge >= 0.3 is 0 Å². The summed E-state index contributed by atoms with van der Waals surface area (Å²) in [5.74, 6) is -0.167. The molecule has 20 heavy (non-hydrogen) atoms. The van der Waals surface area contributed by atoms with Crippen molar-refractivity contribution in [3.05, 3.63) is 43.8 Å². The van der Waals surface area contributed by atoms with Crippen LogP contribution in [-0.4, -0.2) is 10.9 Å². The zero-order valence-electron chi connectivity index (χ0n) is 11.3. The summed E-state index contributed by atoms with van der Waals surface area (Å²) in [7, 11) is 0. The summed E-state index contributed by atoms with van der Waals surface area (Å²) in [4.78, 5) is 16.7. The van der Waals surface area contributed by atoms with E-state index in [-0.39, 0.29) is 11.3 Å². The number of aromatic nitrogens is 1. The number of carbonyl (C=O) groups is 1. The molecule has 0 bridgehead atoms. The van der Waals surface area contributed by atoms with Crippen molar-refractivity contribution in [3.63, 3.8) is 0 Å². The molecule has 106 valence electrons. The summed E-state index contributed by atoms with van der Waals surface area (Å²) in [5.41, 5.74) is 1.55. The van der Waals surface area contributed by atoms with Crippen molar-refractivity contribution < 1.29 is 4.79 Å². The lowest BCUT2D eigenvalue weighted by Gasteiger charge is -2.14. The fourth-order valence-corrected chi connectivity index (χ4v) is 3.67. The minimum absolute atomic E-state index is 0.0162. The molecule has 2 aromatic rings. The summed E-state index contributed by atoms with van der Waals surface area (Å²) >= 11 is 8.20. The number of halogens is 2. The first-order valence-corrected chi connectivity index (χ1v) is 8.46. The number of rotatable bonds is 2. The highest BCUT2D eigenvalue weighted by molar-refractivity contribution is 9.11. The van der Waals surface area contributed by atoms with Gasteiger partial charge < -0.3 is 0 Å². The average molecular weight is 418 g/mol. The quantitative estimate of drug-likeness (QED) is 0.727. The number of nitrogens with zero attached hydrogens (tertiary/aromatic N) is 1. The van der Waals surface area contributed by atoms with Crippen LogP contribution in [0.5, 0.6) is 0 Å². The Morgan fingerprint density at radius 1 is 1.30 bits per heavy atom. The zero-order chi connectivity index (χ0) is 14.9. The third-order valence-electron chi connectivity index (χ3n) is 2.67. The van der Waals surface area contributed by atoms with Gasteiger partial charge in [-0.3, -0.25) is 10.1 Å². The SMILES string of the molecule is CC(C)(C)c1csc(NC(=O)c2ccc(Br)cc2Br)n1. The summed E-state index contributed by atoms with van der Waals surface area (Å²) in [6.07, 6.45) is 0. The van der Waals surface area contributed by atoms with E-state index in [0.29, 0.717) is 10.7 Å². The van der Waals surface area contributed by atoms with Crippen LogP contribution in [0.25, 0.3) is 0 Å². The molecule has 2 rings (SSSR count). The second-order valence-electron chi connectivity index (χ2n) is 5.37. The molecule has 6 heteroatoms. The molecule has 0 saturated heterocycles. The molecule has 1 aromatic heterocycles. The number of thiazole rings is 1. The van der Waals surface area contributed by atoms with E-state index in [1.165, 1.54) is 11.3 Å². The van der Waals surface area contributed by atoms with E-state index in [9.17, 15) is 4.79 Å². The van der Waals surface area contributed by atoms with Crippen LogP contribution in [-0.2, 0) is 5.41 Å². The number of carbonyl (C=O) groups excluding carboxylic acids is 1. The monoisotopic (exact) mass is 416 g/mol. The van der Waals surface area contributed by atoms with E-state index < -0.39 is 0 Å². The van der Waals surface area contributed by atoms with Gasteiger partial charge in [0.1, 0.15) is 0 Å². The molecule has 0 aliphatic heterocycles. The first kappa shape index (κ1) is 15.7. The van der Waals surface area contributed by atoms with E-state index in [1.54, 1.807) is 6.07 Å². The molecule has 0 radical (unpaired) electrons. The minimum atomic E-state index is -0.167. The third-order valence-corrected chi connectivity index (χ3v) is 4.58. The lowest BCUT2D eigenvalue weighted by atomic mass is 9.93. The van der Waals surface area contributed by atoms with Gasteiger partial charge in [-0.1, -0.05) is 36.7 Å². The van der Waals surface area contributed by atoms with Crippen LogP contribution in [0.3, 0.4) is 0 Å². The zero-order valence-corrected chi connectivity index (χ0v) is 15.3. The predicted octanol–water partition coefficient (Wildman–Crippen LogP) is 5.22. The van der Waals surface area contributed by atoms with Crippen LogP contribution in [0.15, 0.2) is 32.5 Å². The van der Waals surface area contributed by atoms with Gasteiger partial charge in [0, 0.05) is 19.7 Å². The Hall–Kier alpha value is -0.720. The van der Waals surface area contributed by atoms with Crippen LogP contribution in [0.2, 0.25) is 0 Å². The standard InChI is InChI=1S/C14H14Br2N2OS/c1-14(2,3)11-7-20-13(17-11)18-12(19)9-5-4-8(15)6-10(9)16/h4-7H,1-3H3,(H,17,18,19). The maximum atomic E-state index is 12.2. The normalized spacial score (nSPS) is 11.4. The second kappa shape index (κ2) is 5.95. The Kier molecular flexibility index (Phi) is 4.66. The fraction of sp³-hybridized carbons (Fsp3) is 0.286. The molecule has 3 nitrogen and oxygen atoms in total. The van der Waals surface area contributed by atoms with Crippen molar-refractivity contribution in [1.82, 2.24) is 4.98 Å². The van der Waals surface area contributed by atoms with Crippen molar-refractivity contribution in [1.29, 1.82) is 0 Å². The van der Waals surface area contributed by atoms with Crippen molar-refractivity contribution >= 4 is 54.2 Å². The molecular formula is C14H14Br2N2OS. The lowest BCUT2D eigenvalue weighted by molar-refractivity contribution is 0.102. The molecule has 1 aromatic carbocycles. The van der Waals surface area contributed by atoms with Gasteiger partial charge in [-0.05, 0) is 34.1 Å². The second-order valence-corrected chi connectivity index (χ2v) is 7.99. The van der Waals surface area contributed by atoms with Crippen LogP contribution >= 0.6 is 43.2 Å². The summed E-state index contributed by atoms with van der Waals surface area (Å²) in [5, 5.41) is 5.43. The summed E-state index contributed by atoms with van der Waals surface area (Å²) < 4.78 is 1.67. The molecule has 0 spiro atoms. The first-order valence-electron chi connectivity index (χ1n) is 6.00. The lowest BCUT2D eigenvalue weighted by Crippen LogP contribution is -2.14. The van der Waals surface area contributed by atoms with Crippen molar-refractivity contribution in [2.75, 3.05) is 5.32 Å². The Morgan fingerprint density at radius 3 is 2.55 bits per heavy atom.